The Morgan fingerprint density at radius 1 is 1.15 bits per heavy atom. The normalized spacial score (nSPS) is 11.1. The number of benzene rings is 1. The van der Waals surface area contributed by atoms with Crippen molar-refractivity contribution in [2.75, 3.05) is 18.2 Å². The fraction of sp³-hybridized carbons (Fsp3) is 0.294. The molecule has 0 unspecified atom stereocenters. The number of carbonyl (C=O) groups excluding carboxylic acids is 1. The summed E-state index contributed by atoms with van der Waals surface area (Å²) in [4.78, 5) is 22.6. The molecule has 0 radical (unpaired) electrons. The number of furan rings is 1. The molecule has 0 saturated carbocycles. The fourth-order valence-electron chi connectivity index (χ4n) is 2.04. The molecule has 1 amide bonds. The Bertz CT molecular complexity index is 888. The van der Waals surface area contributed by atoms with Crippen molar-refractivity contribution in [3.05, 3.63) is 47.9 Å². The van der Waals surface area contributed by atoms with E-state index in [4.69, 9.17) is 14.3 Å². The summed E-state index contributed by atoms with van der Waals surface area (Å²) < 4.78 is 35.1. The third kappa shape index (κ3) is 7.50. The van der Waals surface area contributed by atoms with E-state index in [1.165, 1.54) is 12.1 Å². The summed E-state index contributed by atoms with van der Waals surface area (Å²) in [6.45, 7) is 0.245. The van der Waals surface area contributed by atoms with Crippen LogP contribution in [0.2, 0.25) is 0 Å². The molecule has 1 heterocycles. The highest BCUT2D eigenvalue weighted by Crippen LogP contribution is 2.17. The number of sulfonamides is 1. The number of anilines is 1. The summed E-state index contributed by atoms with van der Waals surface area (Å²) in [5, 5.41) is 11.2. The van der Waals surface area contributed by atoms with Crippen LogP contribution in [0.1, 0.15) is 29.2 Å². The molecule has 1 aromatic heterocycles. The Kier molecular flexibility index (Phi) is 6.97. The van der Waals surface area contributed by atoms with Gasteiger partial charge in [-0.25, -0.2) is 13.1 Å². The molecule has 0 fully saturated rings. The van der Waals surface area contributed by atoms with Gasteiger partial charge in [-0.15, -0.1) is 0 Å². The lowest BCUT2D eigenvalue weighted by atomic mass is 10.3. The Balaban J connectivity index is 1.85. The van der Waals surface area contributed by atoms with Crippen LogP contribution in [0.3, 0.4) is 0 Å². The minimum absolute atomic E-state index is 0.0407. The van der Waals surface area contributed by atoms with Crippen molar-refractivity contribution in [2.45, 2.75) is 19.4 Å². The highest BCUT2D eigenvalue weighted by Gasteiger charge is 2.12. The molecule has 3 N–H and O–H groups in total. The van der Waals surface area contributed by atoms with Gasteiger partial charge in [0, 0.05) is 12.1 Å². The molecule has 10 heteroatoms. The second kappa shape index (κ2) is 9.19. The van der Waals surface area contributed by atoms with Gasteiger partial charge in [-0.1, -0.05) is 0 Å². The summed E-state index contributed by atoms with van der Waals surface area (Å²) in [7, 11) is -3.35. The molecule has 0 aliphatic carbocycles. The van der Waals surface area contributed by atoms with Crippen LogP contribution in [0.25, 0.3) is 0 Å². The van der Waals surface area contributed by atoms with Crippen LogP contribution in [-0.2, 0) is 21.4 Å². The van der Waals surface area contributed by atoms with E-state index in [0.717, 1.165) is 6.26 Å². The Labute approximate surface area is 156 Å². The van der Waals surface area contributed by atoms with Crippen molar-refractivity contribution in [1.29, 1.82) is 0 Å². The zero-order valence-corrected chi connectivity index (χ0v) is 15.4. The summed E-state index contributed by atoms with van der Waals surface area (Å²) in [5.41, 5.74) is 0.519. The molecule has 146 valence electrons. The third-order valence-corrected chi connectivity index (χ3v) is 3.98. The number of carbonyl (C=O) groups is 2. The minimum Gasteiger partial charge on any atom is -0.494 e. The zero-order valence-electron chi connectivity index (χ0n) is 14.6. The van der Waals surface area contributed by atoms with Crippen LogP contribution in [0, 0.1) is 0 Å². The maximum absolute atomic E-state index is 12.2. The average molecular weight is 396 g/mol. The first-order valence-corrected chi connectivity index (χ1v) is 9.91. The van der Waals surface area contributed by atoms with Gasteiger partial charge in [0.1, 0.15) is 11.5 Å². The fourth-order valence-corrected chi connectivity index (χ4v) is 2.44. The summed E-state index contributed by atoms with van der Waals surface area (Å²) in [6, 6.07) is 9.55. The maximum atomic E-state index is 12.2. The lowest BCUT2D eigenvalue weighted by molar-refractivity contribution is -0.137. The summed E-state index contributed by atoms with van der Waals surface area (Å²) >= 11 is 0. The first-order chi connectivity index (χ1) is 12.7. The van der Waals surface area contributed by atoms with Crippen LogP contribution < -0.4 is 14.8 Å². The lowest BCUT2D eigenvalue weighted by Crippen LogP contribution is -2.20. The molecule has 9 nitrogen and oxygen atoms in total. The van der Waals surface area contributed by atoms with Gasteiger partial charge in [0.2, 0.25) is 10.0 Å². The molecule has 0 aliphatic heterocycles. The van der Waals surface area contributed by atoms with Crippen molar-refractivity contribution >= 4 is 27.6 Å². The van der Waals surface area contributed by atoms with Crippen molar-refractivity contribution in [1.82, 2.24) is 4.72 Å². The number of nitrogens with one attached hydrogen (secondary N) is 2. The predicted molar refractivity (Wildman–Crippen MR) is 97.2 cm³/mol. The van der Waals surface area contributed by atoms with E-state index >= 15 is 0 Å². The minimum atomic E-state index is -3.35. The van der Waals surface area contributed by atoms with Gasteiger partial charge in [0.25, 0.3) is 5.91 Å². The smallest absolute Gasteiger partial charge is 0.303 e. The standard InChI is InChI=1S/C17H20N2O7S/c1-27(23,24)18-11-14-8-9-15(26-14)17(22)19-12-4-6-13(7-5-12)25-10-2-3-16(20)21/h4-9,18H,2-3,10-11H2,1H3,(H,19,22)(H,20,21). The maximum Gasteiger partial charge on any atom is 0.303 e. The number of carboxylic acids is 1. The molecule has 0 atom stereocenters. The molecule has 2 rings (SSSR count). The van der Waals surface area contributed by atoms with E-state index in [1.807, 2.05) is 0 Å². The van der Waals surface area contributed by atoms with Crippen LogP contribution >= 0.6 is 0 Å². The number of ether oxygens (including phenoxy) is 1. The third-order valence-electron chi connectivity index (χ3n) is 3.31. The SMILES string of the molecule is CS(=O)(=O)NCc1ccc(C(=O)Nc2ccc(OCCCC(=O)O)cc2)o1. The molecule has 27 heavy (non-hydrogen) atoms. The molecular weight excluding hydrogens is 376 g/mol. The molecule has 0 bridgehead atoms. The molecule has 0 aliphatic rings. The van der Waals surface area contributed by atoms with Gasteiger partial charge in [-0.3, -0.25) is 9.59 Å². The van der Waals surface area contributed by atoms with Crippen molar-refractivity contribution in [2.24, 2.45) is 0 Å². The first-order valence-electron chi connectivity index (χ1n) is 8.02. The average Bonchev–Trinajstić information content (AvgIpc) is 3.07. The Hall–Kier alpha value is -2.85. The predicted octanol–water partition coefficient (Wildman–Crippen LogP) is 1.82. The van der Waals surface area contributed by atoms with Crippen molar-refractivity contribution < 1.29 is 32.3 Å². The Morgan fingerprint density at radius 3 is 2.48 bits per heavy atom. The largest absolute Gasteiger partial charge is 0.494 e. The van der Waals surface area contributed by atoms with E-state index in [2.05, 4.69) is 10.0 Å². The number of hydrogen-bond donors (Lipinski definition) is 3. The van der Waals surface area contributed by atoms with Gasteiger partial charge >= 0.3 is 5.97 Å². The summed E-state index contributed by atoms with van der Waals surface area (Å²) in [5.74, 6) is -0.420. The molecule has 2 aromatic rings. The van der Waals surface area contributed by atoms with E-state index in [1.54, 1.807) is 24.3 Å². The molecule has 1 aromatic carbocycles. The second-order valence-corrected chi connectivity index (χ2v) is 7.52. The molecular formula is C17H20N2O7S. The van der Waals surface area contributed by atoms with Crippen LogP contribution in [0.15, 0.2) is 40.8 Å². The monoisotopic (exact) mass is 396 g/mol. The van der Waals surface area contributed by atoms with Crippen LogP contribution in [0.5, 0.6) is 5.75 Å². The van der Waals surface area contributed by atoms with E-state index in [-0.39, 0.29) is 25.3 Å². The lowest BCUT2D eigenvalue weighted by Gasteiger charge is -2.07. The van der Waals surface area contributed by atoms with E-state index in [9.17, 15) is 18.0 Å². The topological polar surface area (TPSA) is 135 Å². The van der Waals surface area contributed by atoms with Crippen molar-refractivity contribution in [3.63, 3.8) is 0 Å². The van der Waals surface area contributed by atoms with Gasteiger partial charge in [0.05, 0.1) is 19.4 Å². The number of aliphatic carboxylic acids is 1. The first kappa shape index (κ1) is 20.5. The number of carboxylic acid groups (broad SMARTS) is 1. The Morgan fingerprint density at radius 2 is 1.85 bits per heavy atom. The zero-order chi connectivity index (χ0) is 19.9. The van der Waals surface area contributed by atoms with Gasteiger partial charge < -0.3 is 19.6 Å². The van der Waals surface area contributed by atoms with Gasteiger partial charge in [-0.2, -0.15) is 0 Å². The van der Waals surface area contributed by atoms with E-state index in [0.29, 0.717) is 23.6 Å². The highest BCUT2D eigenvalue weighted by atomic mass is 32.2. The highest BCUT2D eigenvalue weighted by molar-refractivity contribution is 7.88. The van der Waals surface area contributed by atoms with Gasteiger partial charge in [0.15, 0.2) is 5.76 Å². The number of amides is 1. The molecule has 0 spiro atoms. The van der Waals surface area contributed by atoms with E-state index < -0.39 is 21.9 Å². The number of hydrogen-bond acceptors (Lipinski definition) is 6. The van der Waals surface area contributed by atoms with Crippen LogP contribution in [-0.4, -0.2) is 38.3 Å². The number of rotatable bonds is 10. The van der Waals surface area contributed by atoms with Gasteiger partial charge in [-0.05, 0) is 42.8 Å². The van der Waals surface area contributed by atoms with Crippen molar-refractivity contribution in [3.8, 4) is 5.75 Å². The molecule has 0 saturated heterocycles. The second-order valence-electron chi connectivity index (χ2n) is 5.68. The quantitative estimate of drug-likeness (QED) is 0.521. The van der Waals surface area contributed by atoms with Crippen LogP contribution in [0.4, 0.5) is 5.69 Å². The summed E-state index contributed by atoms with van der Waals surface area (Å²) in [6.07, 6.45) is 1.48.